The fourth-order valence-corrected chi connectivity index (χ4v) is 4.63. The second kappa shape index (κ2) is 15.1. The molecule has 0 heterocycles. The quantitative estimate of drug-likeness (QED) is 0.354. The molecule has 0 saturated carbocycles. The predicted octanol–water partition coefficient (Wildman–Crippen LogP) is 4.69. The zero-order chi connectivity index (χ0) is 30.0. The van der Waals surface area contributed by atoms with Gasteiger partial charge in [0.2, 0.25) is 11.8 Å². The van der Waals surface area contributed by atoms with E-state index in [4.69, 9.17) is 9.47 Å². The molecule has 3 amide bonds. The fraction of sp³-hybridized carbons (Fsp3) is 0.655. The Balaban J connectivity index is 3.53. The smallest absolute Gasteiger partial charge is 0.408 e. The molecule has 39 heavy (non-hydrogen) atoms. The van der Waals surface area contributed by atoms with E-state index < -0.39 is 47.1 Å². The Morgan fingerprint density at radius 3 is 2.08 bits per heavy atom. The van der Waals surface area contributed by atoms with Crippen molar-refractivity contribution in [2.24, 2.45) is 0 Å². The van der Waals surface area contributed by atoms with Gasteiger partial charge in [0.1, 0.15) is 17.7 Å². The molecule has 2 unspecified atom stereocenters. The van der Waals surface area contributed by atoms with E-state index in [0.29, 0.717) is 17.7 Å². The summed E-state index contributed by atoms with van der Waals surface area (Å²) in [4.78, 5) is 54.1. The van der Waals surface area contributed by atoms with Gasteiger partial charge in [-0.15, -0.1) is 0 Å². The molecule has 0 aromatic heterocycles. The number of carbonyl (C=O) groups excluding carboxylic acids is 4. The minimum atomic E-state index is -1.00. The van der Waals surface area contributed by atoms with Gasteiger partial charge in [-0.3, -0.25) is 14.4 Å². The number of ether oxygens (including phenoxy) is 2. The first-order chi connectivity index (χ1) is 18.0. The van der Waals surface area contributed by atoms with Gasteiger partial charge >= 0.3 is 12.1 Å². The number of nitrogens with zero attached hydrogens (tertiary/aromatic N) is 1. The minimum absolute atomic E-state index is 0.0131. The lowest BCUT2D eigenvalue weighted by Crippen LogP contribution is -2.58. The van der Waals surface area contributed by atoms with Crippen LogP contribution in [0.3, 0.4) is 0 Å². The molecule has 0 aliphatic rings. The van der Waals surface area contributed by atoms with Crippen LogP contribution in [0.1, 0.15) is 84.0 Å². The summed E-state index contributed by atoms with van der Waals surface area (Å²) in [5.41, 5.74) is 1.00. The molecule has 0 fully saturated rings. The van der Waals surface area contributed by atoms with Crippen LogP contribution in [0.25, 0.3) is 0 Å². The van der Waals surface area contributed by atoms with Gasteiger partial charge in [0.25, 0.3) is 0 Å². The summed E-state index contributed by atoms with van der Waals surface area (Å²) in [6.45, 7) is 16.7. The maximum absolute atomic E-state index is 14.2. The third-order valence-corrected chi connectivity index (χ3v) is 6.20. The van der Waals surface area contributed by atoms with Crippen LogP contribution in [-0.4, -0.2) is 71.1 Å². The maximum atomic E-state index is 14.2. The minimum Gasteiger partial charge on any atom is -0.466 e. The standard InChI is InChI=1S/C29H47N3O6S/c1-11-37-23(33)12-14-30-25(34)24(21-17-19(2)16-20(3)18-21)32(28(4,5)6)26(35)22(13-15-39-10)31-27(36)38-29(7,8)9/h16-18,22,24H,11-15H2,1-10H3,(H,30,34)(H,31,36). The number of hydrogen-bond donors (Lipinski definition) is 2. The number of alkyl carbamates (subject to hydrolysis) is 1. The van der Waals surface area contributed by atoms with Gasteiger partial charge in [0, 0.05) is 12.1 Å². The molecule has 0 spiro atoms. The van der Waals surface area contributed by atoms with Crippen LogP contribution in [0.4, 0.5) is 4.79 Å². The molecule has 0 saturated heterocycles. The summed E-state index contributed by atoms with van der Waals surface area (Å²) in [7, 11) is 0. The third kappa shape index (κ3) is 11.9. The highest BCUT2D eigenvalue weighted by Gasteiger charge is 2.41. The SMILES string of the molecule is CCOC(=O)CCNC(=O)C(c1cc(C)cc(C)c1)N(C(=O)C(CCSC)NC(=O)OC(C)(C)C)C(C)(C)C. The molecule has 1 aromatic carbocycles. The second-order valence-electron chi connectivity index (χ2n) is 11.5. The molecule has 0 aliphatic carbocycles. The van der Waals surface area contributed by atoms with E-state index in [2.05, 4.69) is 10.6 Å². The number of amides is 3. The average molecular weight is 566 g/mol. The van der Waals surface area contributed by atoms with Gasteiger partial charge in [0.15, 0.2) is 0 Å². The molecule has 9 nitrogen and oxygen atoms in total. The van der Waals surface area contributed by atoms with E-state index in [1.165, 1.54) is 4.90 Å². The van der Waals surface area contributed by atoms with E-state index in [-0.39, 0.29) is 19.6 Å². The number of esters is 1. The van der Waals surface area contributed by atoms with Crippen LogP contribution in [0, 0.1) is 13.8 Å². The van der Waals surface area contributed by atoms with E-state index in [9.17, 15) is 19.2 Å². The molecular formula is C29H47N3O6S. The van der Waals surface area contributed by atoms with E-state index in [0.717, 1.165) is 11.1 Å². The summed E-state index contributed by atoms with van der Waals surface area (Å²) >= 11 is 1.55. The van der Waals surface area contributed by atoms with Crippen molar-refractivity contribution < 1.29 is 28.7 Å². The Labute approximate surface area is 238 Å². The number of carbonyl (C=O) groups is 4. The van der Waals surface area contributed by atoms with Gasteiger partial charge in [0.05, 0.1) is 13.0 Å². The van der Waals surface area contributed by atoms with Crippen molar-refractivity contribution in [2.45, 2.75) is 98.4 Å². The lowest BCUT2D eigenvalue weighted by molar-refractivity contribution is -0.149. The Hall–Kier alpha value is -2.75. The summed E-state index contributed by atoms with van der Waals surface area (Å²) in [6, 6.07) is 3.84. The second-order valence-corrected chi connectivity index (χ2v) is 12.5. The van der Waals surface area contributed by atoms with Crippen molar-refractivity contribution in [3.63, 3.8) is 0 Å². The fourth-order valence-electron chi connectivity index (χ4n) is 4.16. The van der Waals surface area contributed by atoms with E-state index in [1.54, 1.807) is 39.5 Å². The van der Waals surface area contributed by atoms with Crippen LogP contribution >= 0.6 is 11.8 Å². The van der Waals surface area contributed by atoms with Gasteiger partial charge in [-0.25, -0.2) is 4.79 Å². The summed E-state index contributed by atoms with van der Waals surface area (Å²) in [6.07, 6.45) is 1.60. The summed E-state index contributed by atoms with van der Waals surface area (Å²) in [5.74, 6) is -0.617. The van der Waals surface area contributed by atoms with Crippen LogP contribution in [0.15, 0.2) is 18.2 Å². The maximum Gasteiger partial charge on any atom is 0.408 e. The lowest BCUT2D eigenvalue weighted by Gasteiger charge is -2.43. The average Bonchev–Trinajstić information content (AvgIpc) is 2.77. The Bertz CT molecular complexity index is 979. The molecule has 220 valence electrons. The summed E-state index contributed by atoms with van der Waals surface area (Å²) in [5, 5.41) is 5.56. The normalized spacial score (nSPS) is 13.2. The first kappa shape index (κ1) is 34.3. The van der Waals surface area contributed by atoms with Gasteiger partial charge in [-0.1, -0.05) is 29.3 Å². The number of benzene rings is 1. The van der Waals surface area contributed by atoms with Crippen molar-refractivity contribution in [2.75, 3.05) is 25.2 Å². The van der Waals surface area contributed by atoms with Gasteiger partial charge in [-0.2, -0.15) is 11.8 Å². The highest BCUT2D eigenvalue weighted by molar-refractivity contribution is 7.98. The number of aryl methyl sites for hydroxylation is 2. The van der Waals surface area contributed by atoms with Crippen molar-refractivity contribution in [1.82, 2.24) is 15.5 Å². The van der Waals surface area contributed by atoms with Crippen molar-refractivity contribution in [3.8, 4) is 0 Å². The predicted molar refractivity (Wildman–Crippen MR) is 156 cm³/mol. The lowest BCUT2D eigenvalue weighted by atomic mass is 9.93. The first-order valence-corrected chi connectivity index (χ1v) is 14.7. The van der Waals surface area contributed by atoms with E-state index in [1.807, 2.05) is 59.1 Å². The highest BCUT2D eigenvalue weighted by Crippen LogP contribution is 2.31. The Kier molecular flexibility index (Phi) is 13.3. The number of hydrogen-bond acceptors (Lipinski definition) is 7. The molecule has 2 atom stereocenters. The van der Waals surface area contributed by atoms with Gasteiger partial charge < -0.3 is 25.0 Å². The molecule has 0 bridgehead atoms. The number of thioether (sulfide) groups is 1. The Morgan fingerprint density at radius 2 is 1.59 bits per heavy atom. The van der Waals surface area contributed by atoms with E-state index >= 15 is 0 Å². The summed E-state index contributed by atoms with van der Waals surface area (Å²) < 4.78 is 10.4. The van der Waals surface area contributed by atoms with Crippen LogP contribution in [0.5, 0.6) is 0 Å². The number of nitrogens with one attached hydrogen (secondary N) is 2. The number of rotatable bonds is 12. The third-order valence-electron chi connectivity index (χ3n) is 5.56. The van der Waals surface area contributed by atoms with Crippen molar-refractivity contribution in [1.29, 1.82) is 0 Å². The zero-order valence-electron chi connectivity index (χ0n) is 25.2. The van der Waals surface area contributed by atoms with Crippen molar-refractivity contribution >= 4 is 35.6 Å². The van der Waals surface area contributed by atoms with Crippen LogP contribution < -0.4 is 10.6 Å². The first-order valence-electron chi connectivity index (χ1n) is 13.3. The molecule has 1 aromatic rings. The Morgan fingerprint density at radius 1 is 1.00 bits per heavy atom. The molecule has 2 N–H and O–H groups in total. The zero-order valence-corrected chi connectivity index (χ0v) is 26.0. The molecular weight excluding hydrogens is 518 g/mol. The van der Waals surface area contributed by atoms with Crippen LogP contribution in [0.2, 0.25) is 0 Å². The van der Waals surface area contributed by atoms with Crippen LogP contribution in [-0.2, 0) is 23.9 Å². The van der Waals surface area contributed by atoms with Crippen molar-refractivity contribution in [3.05, 3.63) is 34.9 Å². The molecule has 0 radical (unpaired) electrons. The molecule has 1 rings (SSSR count). The highest BCUT2D eigenvalue weighted by atomic mass is 32.2. The molecule has 0 aliphatic heterocycles. The monoisotopic (exact) mass is 565 g/mol. The van der Waals surface area contributed by atoms with Gasteiger partial charge in [-0.05, 0) is 86.3 Å². The topological polar surface area (TPSA) is 114 Å². The molecule has 10 heteroatoms. The largest absolute Gasteiger partial charge is 0.466 e.